The number of hydrogen-bond donors (Lipinski definition) is 3. The van der Waals surface area contributed by atoms with E-state index in [-0.39, 0.29) is 6.04 Å². The molecule has 0 aliphatic rings. The highest BCUT2D eigenvalue weighted by Crippen LogP contribution is 2.18. The maximum absolute atomic E-state index is 11.4. The van der Waals surface area contributed by atoms with Gasteiger partial charge in [0.15, 0.2) is 0 Å². The molecule has 1 aromatic rings. The number of nitrogens with one attached hydrogen (secondary N) is 1. The largest absolute Gasteiger partial charge is 0.369 e. The van der Waals surface area contributed by atoms with E-state index in [1.54, 1.807) is 0 Å². The third-order valence-corrected chi connectivity index (χ3v) is 2.48. The maximum Gasteiger partial charge on any atom is 0.252 e. The van der Waals surface area contributed by atoms with E-state index in [0.29, 0.717) is 17.9 Å². The van der Waals surface area contributed by atoms with Gasteiger partial charge in [-0.1, -0.05) is 0 Å². The Morgan fingerprint density at radius 3 is 2.71 bits per heavy atom. The van der Waals surface area contributed by atoms with Crippen molar-refractivity contribution < 1.29 is 4.79 Å². The summed E-state index contributed by atoms with van der Waals surface area (Å²) in [4.78, 5) is 15.7. The van der Waals surface area contributed by atoms with Crippen LogP contribution in [0.2, 0.25) is 0 Å². The molecule has 0 bridgehead atoms. The van der Waals surface area contributed by atoms with Gasteiger partial charge in [-0.3, -0.25) is 4.79 Å². The summed E-state index contributed by atoms with van der Waals surface area (Å²) in [6.45, 7) is 6.35. The van der Waals surface area contributed by atoms with Gasteiger partial charge in [0.2, 0.25) is 0 Å². The van der Waals surface area contributed by atoms with E-state index >= 15 is 0 Å². The first-order valence-electron chi connectivity index (χ1n) is 5.69. The highest BCUT2D eigenvalue weighted by Gasteiger charge is 2.13. The number of carbonyl (C=O) groups is 1. The summed E-state index contributed by atoms with van der Waals surface area (Å²) in [5.41, 5.74) is 13.2. The molecule has 1 aromatic heterocycles. The minimum Gasteiger partial charge on any atom is -0.369 e. The summed E-state index contributed by atoms with van der Waals surface area (Å²) in [7, 11) is 0. The van der Waals surface area contributed by atoms with Gasteiger partial charge < -0.3 is 16.8 Å². The monoisotopic (exact) mass is 236 g/mol. The Bertz CT molecular complexity index is 415. The lowest BCUT2D eigenvalue weighted by molar-refractivity contribution is 0.1000. The molecule has 0 radical (unpaired) electrons. The number of aryl methyl sites for hydroxylation is 2. The van der Waals surface area contributed by atoms with Crippen LogP contribution in [0.15, 0.2) is 6.07 Å². The van der Waals surface area contributed by atoms with Gasteiger partial charge in [0.25, 0.3) is 5.91 Å². The van der Waals surface area contributed by atoms with Crippen molar-refractivity contribution in [1.82, 2.24) is 4.98 Å². The first-order chi connectivity index (χ1) is 7.91. The molecule has 1 rings (SSSR count). The highest BCUT2D eigenvalue weighted by atomic mass is 16.1. The lowest BCUT2D eigenvalue weighted by atomic mass is 10.1. The highest BCUT2D eigenvalue weighted by molar-refractivity contribution is 5.99. The van der Waals surface area contributed by atoms with Crippen molar-refractivity contribution in [3.8, 4) is 0 Å². The van der Waals surface area contributed by atoms with Crippen molar-refractivity contribution in [3.63, 3.8) is 0 Å². The topological polar surface area (TPSA) is 94.0 Å². The molecule has 5 nitrogen and oxygen atoms in total. The molecular weight excluding hydrogens is 216 g/mol. The number of hydrogen-bond acceptors (Lipinski definition) is 4. The summed E-state index contributed by atoms with van der Waals surface area (Å²) in [6.07, 6.45) is 0.812. The van der Waals surface area contributed by atoms with E-state index in [0.717, 1.165) is 17.7 Å². The van der Waals surface area contributed by atoms with Crippen LogP contribution in [0.1, 0.15) is 35.0 Å². The number of nitrogens with zero attached hydrogens (tertiary/aromatic N) is 1. The zero-order valence-electron chi connectivity index (χ0n) is 10.6. The van der Waals surface area contributed by atoms with E-state index < -0.39 is 5.91 Å². The van der Waals surface area contributed by atoms with Crippen molar-refractivity contribution in [3.05, 3.63) is 22.9 Å². The van der Waals surface area contributed by atoms with Gasteiger partial charge in [-0.2, -0.15) is 0 Å². The fourth-order valence-electron chi connectivity index (χ4n) is 1.69. The number of amides is 1. The van der Waals surface area contributed by atoms with Gasteiger partial charge in [-0.15, -0.1) is 0 Å². The minimum absolute atomic E-state index is 0.116. The molecule has 1 unspecified atom stereocenters. The Balaban J connectivity index is 2.92. The molecule has 5 N–H and O–H groups in total. The van der Waals surface area contributed by atoms with Crippen molar-refractivity contribution >= 4 is 11.7 Å². The van der Waals surface area contributed by atoms with E-state index in [1.807, 2.05) is 26.8 Å². The second-order valence-electron chi connectivity index (χ2n) is 4.36. The maximum atomic E-state index is 11.4. The quantitative estimate of drug-likeness (QED) is 0.709. The molecule has 0 saturated heterocycles. The fraction of sp³-hybridized carbons (Fsp3) is 0.500. The zero-order valence-corrected chi connectivity index (χ0v) is 10.6. The van der Waals surface area contributed by atoms with Crippen molar-refractivity contribution in [1.29, 1.82) is 0 Å². The normalized spacial score (nSPS) is 12.2. The lowest BCUT2D eigenvalue weighted by Gasteiger charge is -2.13. The van der Waals surface area contributed by atoms with Gasteiger partial charge in [0, 0.05) is 18.3 Å². The Morgan fingerprint density at radius 2 is 2.18 bits per heavy atom. The molecule has 1 atom stereocenters. The number of pyridine rings is 1. The standard InChI is InChI=1S/C12H20N4O/c1-7-6-9(3)16-12(10(7)11(14)17)15-5-4-8(2)13/h6,8H,4-5,13H2,1-3H3,(H2,14,17)(H,15,16). The SMILES string of the molecule is Cc1cc(C)c(C(N)=O)c(NCCC(C)N)n1. The minimum atomic E-state index is -0.460. The molecule has 0 spiro atoms. The van der Waals surface area contributed by atoms with Crippen LogP contribution in [0, 0.1) is 13.8 Å². The number of carbonyl (C=O) groups excluding carboxylic acids is 1. The van der Waals surface area contributed by atoms with Gasteiger partial charge in [0.1, 0.15) is 5.82 Å². The smallest absolute Gasteiger partial charge is 0.252 e. The number of anilines is 1. The van der Waals surface area contributed by atoms with Gasteiger partial charge in [-0.25, -0.2) is 4.98 Å². The molecule has 0 saturated carbocycles. The average molecular weight is 236 g/mol. The molecule has 5 heteroatoms. The molecule has 17 heavy (non-hydrogen) atoms. The predicted molar refractivity (Wildman–Crippen MR) is 69.0 cm³/mol. The summed E-state index contributed by atoms with van der Waals surface area (Å²) in [5.74, 6) is 0.0916. The van der Waals surface area contributed by atoms with E-state index in [9.17, 15) is 4.79 Å². The van der Waals surface area contributed by atoms with Crippen molar-refractivity contribution in [2.45, 2.75) is 33.2 Å². The van der Waals surface area contributed by atoms with Crippen LogP contribution in [0.25, 0.3) is 0 Å². The number of aromatic nitrogens is 1. The van der Waals surface area contributed by atoms with Crippen LogP contribution in [-0.4, -0.2) is 23.5 Å². The zero-order chi connectivity index (χ0) is 13.0. The summed E-state index contributed by atoms with van der Waals surface area (Å²) in [6, 6.07) is 1.96. The third-order valence-electron chi connectivity index (χ3n) is 2.48. The first kappa shape index (κ1) is 13.4. The fourth-order valence-corrected chi connectivity index (χ4v) is 1.69. The molecule has 1 heterocycles. The Hall–Kier alpha value is -1.62. The molecule has 0 aromatic carbocycles. The van der Waals surface area contributed by atoms with Crippen molar-refractivity contribution in [2.75, 3.05) is 11.9 Å². The Labute approximate surface area is 102 Å². The predicted octanol–water partition coefficient (Wildman–Crippen LogP) is 0.947. The van der Waals surface area contributed by atoms with Gasteiger partial charge >= 0.3 is 0 Å². The molecular formula is C12H20N4O. The number of primary amides is 1. The Kier molecular flexibility index (Phi) is 4.45. The number of nitrogens with two attached hydrogens (primary N) is 2. The number of rotatable bonds is 5. The first-order valence-corrected chi connectivity index (χ1v) is 5.69. The van der Waals surface area contributed by atoms with Crippen molar-refractivity contribution in [2.24, 2.45) is 11.5 Å². The van der Waals surface area contributed by atoms with Crippen LogP contribution < -0.4 is 16.8 Å². The second-order valence-corrected chi connectivity index (χ2v) is 4.36. The molecule has 94 valence electrons. The van der Waals surface area contributed by atoms with Crippen LogP contribution in [0.4, 0.5) is 5.82 Å². The van der Waals surface area contributed by atoms with Crippen LogP contribution in [-0.2, 0) is 0 Å². The molecule has 0 fully saturated rings. The van der Waals surface area contributed by atoms with E-state index in [4.69, 9.17) is 11.5 Å². The van der Waals surface area contributed by atoms with Crippen LogP contribution >= 0.6 is 0 Å². The molecule has 0 aliphatic heterocycles. The Morgan fingerprint density at radius 1 is 1.53 bits per heavy atom. The van der Waals surface area contributed by atoms with Gasteiger partial charge in [0.05, 0.1) is 5.56 Å². The van der Waals surface area contributed by atoms with Gasteiger partial charge in [-0.05, 0) is 38.8 Å². The van der Waals surface area contributed by atoms with Crippen LogP contribution in [0.5, 0.6) is 0 Å². The summed E-state index contributed by atoms with van der Waals surface area (Å²) >= 11 is 0. The average Bonchev–Trinajstić information content (AvgIpc) is 2.14. The third kappa shape index (κ3) is 3.71. The van der Waals surface area contributed by atoms with E-state index in [2.05, 4.69) is 10.3 Å². The van der Waals surface area contributed by atoms with E-state index in [1.165, 1.54) is 0 Å². The molecule has 0 aliphatic carbocycles. The summed E-state index contributed by atoms with van der Waals surface area (Å²) in [5, 5.41) is 3.12. The van der Waals surface area contributed by atoms with Crippen LogP contribution in [0.3, 0.4) is 0 Å². The summed E-state index contributed by atoms with van der Waals surface area (Å²) < 4.78 is 0. The second kappa shape index (κ2) is 5.63. The molecule has 1 amide bonds. The lowest BCUT2D eigenvalue weighted by Crippen LogP contribution is -2.22.